The fourth-order valence-electron chi connectivity index (χ4n) is 1.80. The number of anilines is 1. The van der Waals surface area contributed by atoms with Gasteiger partial charge >= 0.3 is 0 Å². The molecule has 0 fully saturated rings. The van der Waals surface area contributed by atoms with E-state index in [2.05, 4.69) is 41.0 Å². The van der Waals surface area contributed by atoms with Crippen LogP contribution in [-0.4, -0.2) is 41.0 Å². The lowest BCUT2D eigenvalue weighted by atomic mass is 10.3. The van der Waals surface area contributed by atoms with Gasteiger partial charge < -0.3 is 10.2 Å². The minimum Gasteiger partial charge on any atom is -0.370 e. The maximum Gasteiger partial charge on any atom is 0.224 e. The van der Waals surface area contributed by atoms with Gasteiger partial charge in [-0.3, -0.25) is 0 Å². The van der Waals surface area contributed by atoms with Crippen LogP contribution < -0.4 is 5.32 Å². The predicted octanol–water partition coefficient (Wildman–Crippen LogP) is 2.84. The van der Waals surface area contributed by atoms with Crippen molar-refractivity contribution in [2.24, 2.45) is 0 Å². The van der Waals surface area contributed by atoms with Crippen molar-refractivity contribution in [3.05, 3.63) is 17.0 Å². The summed E-state index contributed by atoms with van der Waals surface area (Å²) in [5, 5.41) is 3.62. The Hall–Kier alpha value is -0.870. The van der Waals surface area contributed by atoms with E-state index >= 15 is 0 Å². The Morgan fingerprint density at radius 3 is 2.56 bits per heavy atom. The van der Waals surface area contributed by atoms with Gasteiger partial charge in [0, 0.05) is 18.3 Å². The summed E-state index contributed by atoms with van der Waals surface area (Å²) in [6.45, 7) is 10.7. The van der Waals surface area contributed by atoms with Crippen molar-refractivity contribution in [1.29, 1.82) is 0 Å². The van der Waals surface area contributed by atoms with Gasteiger partial charge in [-0.15, -0.1) is 0 Å². The van der Waals surface area contributed by atoms with Gasteiger partial charge in [-0.25, -0.2) is 9.97 Å². The van der Waals surface area contributed by atoms with Gasteiger partial charge in [0.15, 0.2) is 0 Å². The molecule has 0 unspecified atom stereocenters. The molecule has 0 radical (unpaired) electrons. The summed E-state index contributed by atoms with van der Waals surface area (Å²) in [4.78, 5) is 10.7. The molecule has 1 heterocycles. The Kier molecular flexibility index (Phi) is 6.98. The summed E-state index contributed by atoms with van der Waals surface area (Å²) >= 11 is 5.87. The number of hydrogen-bond donors (Lipinski definition) is 1. The third-order valence-corrected chi connectivity index (χ3v) is 3.13. The van der Waals surface area contributed by atoms with Gasteiger partial charge in [0.05, 0.1) is 0 Å². The second-order valence-corrected chi connectivity index (χ2v) is 4.51. The van der Waals surface area contributed by atoms with Gasteiger partial charge in [0.1, 0.15) is 5.82 Å². The molecule has 4 nitrogen and oxygen atoms in total. The molecule has 1 rings (SSSR count). The highest BCUT2D eigenvalue weighted by molar-refractivity contribution is 6.28. The smallest absolute Gasteiger partial charge is 0.224 e. The molecule has 1 aromatic heterocycles. The third kappa shape index (κ3) is 5.19. The van der Waals surface area contributed by atoms with Crippen molar-refractivity contribution < 1.29 is 0 Å². The van der Waals surface area contributed by atoms with Gasteiger partial charge in [-0.2, -0.15) is 0 Å². The van der Waals surface area contributed by atoms with E-state index in [1.54, 1.807) is 0 Å². The van der Waals surface area contributed by atoms with Crippen LogP contribution in [0.5, 0.6) is 0 Å². The Morgan fingerprint density at radius 2 is 1.94 bits per heavy atom. The molecule has 0 aliphatic rings. The normalized spacial score (nSPS) is 10.9. The summed E-state index contributed by atoms with van der Waals surface area (Å²) in [5.74, 6) is 0.825. The Bertz CT molecular complexity index is 353. The van der Waals surface area contributed by atoms with Gasteiger partial charge in [-0.05, 0) is 44.1 Å². The molecule has 0 aliphatic carbocycles. The van der Waals surface area contributed by atoms with Crippen molar-refractivity contribution in [3.63, 3.8) is 0 Å². The highest BCUT2D eigenvalue weighted by Gasteiger charge is 2.02. The highest BCUT2D eigenvalue weighted by Crippen LogP contribution is 2.10. The van der Waals surface area contributed by atoms with Gasteiger partial charge in [0.2, 0.25) is 5.28 Å². The Balaban J connectivity index is 2.37. The van der Waals surface area contributed by atoms with Crippen molar-refractivity contribution >= 4 is 17.4 Å². The quantitative estimate of drug-likeness (QED) is 0.583. The lowest BCUT2D eigenvalue weighted by molar-refractivity contribution is 0.303. The molecular weight excluding hydrogens is 248 g/mol. The first-order valence-corrected chi connectivity index (χ1v) is 7.07. The zero-order chi connectivity index (χ0) is 13.4. The van der Waals surface area contributed by atoms with Crippen molar-refractivity contribution in [1.82, 2.24) is 14.9 Å². The van der Waals surface area contributed by atoms with Crippen molar-refractivity contribution in [2.45, 2.75) is 33.6 Å². The number of rotatable bonds is 8. The van der Waals surface area contributed by atoms with Gasteiger partial charge in [-0.1, -0.05) is 20.8 Å². The van der Waals surface area contributed by atoms with Crippen LogP contribution in [0.3, 0.4) is 0 Å². The molecule has 0 amide bonds. The molecule has 18 heavy (non-hydrogen) atoms. The lowest BCUT2D eigenvalue weighted by Crippen LogP contribution is -2.25. The average molecular weight is 271 g/mol. The minimum atomic E-state index is 0.320. The molecule has 0 aromatic carbocycles. The van der Waals surface area contributed by atoms with Crippen LogP contribution in [0.25, 0.3) is 0 Å². The first-order chi connectivity index (χ1) is 8.69. The second kappa shape index (κ2) is 8.27. The summed E-state index contributed by atoms with van der Waals surface area (Å²) in [5.41, 5.74) is 0.973. The van der Waals surface area contributed by atoms with Gasteiger partial charge in [0.25, 0.3) is 0 Å². The van der Waals surface area contributed by atoms with Crippen LogP contribution in [-0.2, 0) is 6.42 Å². The topological polar surface area (TPSA) is 41.0 Å². The maximum absolute atomic E-state index is 5.87. The number of nitrogens with one attached hydrogen (secondary N) is 1. The SMILES string of the molecule is CCc1cc(NCCCN(CC)CC)nc(Cl)n1. The first-order valence-electron chi connectivity index (χ1n) is 6.69. The Labute approximate surface area is 115 Å². The molecule has 0 saturated heterocycles. The predicted molar refractivity (Wildman–Crippen MR) is 77.3 cm³/mol. The Morgan fingerprint density at radius 1 is 1.22 bits per heavy atom. The largest absolute Gasteiger partial charge is 0.370 e. The van der Waals surface area contributed by atoms with E-state index in [9.17, 15) is 0 Å². The average Bonchev–Trinajstić information content (AvgIpc) is 2.38. The van der Waals surface area contributed by atoms with Crippen LogP contribution in [0.2, 0.25) is 5.28 Å². The minimum absolute atomic E-state index is 0.320. The maximum atomic E-state index is 5.87. The van der Waals surface area contributed by atoms with E-state index in [4.69, 9.17) is 11.6 Å². The van der Waals surface area contributed by atoms with Crippen molar-refractivity contribution in [2.75, 3.05) is 31.5 Å². The molecule has 102 valence electrons. The van der Waals surface area contributed by atoms with Crippen LogP contribution in [0.4, 0.5) is 5.82 Å². The van der Waals surface area contributed by atoms with Crippen LogP contribution >= 0.6 is 11.6 Å². The number of aromatic nitrogens is 2. The summed E-state index contributed by atoms with van der Waals surface area (Å²) in [7, 11) is 0. The molecule has 0 spiro atoms. The standard InChI is InChI=1S/C13H23ClN4/c1-4-11-10-12(17-13(14)16-11)15-8-7-9-18(5-2)6-3/h10H,4-9H2,1-3H3,(H,15,16,17). The van der Waals surface area contributed by atoms with E-state index in [-0.39, 0.29) is 0 Å². The summed E-state index contributed by atoms with van der Waals surface area (Å²) in [6.07, 6.45) is 1.97. The monoisotopic (exact) mass is 270 g/mol. The second-order valence-electron chi connectivity index (χ2n) is 4.17. The number of nitrogens with zero attached hydrogens (tertiary/aromatic N) is 3. The van der Waals surface area contributed by atoms with E-state index in [0.29, 0.717) is 5.28 Å². The van der Waals surface area contributed by atoms with E-state index < -0.39 is 0 Å². The lowest BCUT2D eigenvalue weighted by Gasteiger charge is -2.17. The van der Waals surface area contributed by atoms with E-state index in [1.807, 2.05) is 6.07 Å². The van der Waals surface area contributed by atoms with Crippen molar-refractivity contribution in [3.8, 4) is 0 Å². The molecule has 1 aromatic rings. The van der Waals surface area contributed by atoms with Crippen LogP contribution in [0.1, 0.15) is 32.9 Å². The molecule has 0 bridgehead atoms. The zero-order valence-electron chi connectivity index (χ0n) is 11.5. The molecule has 0 atom stereocenters. The summed E-state index contributed by atoms with van der Waals surface area (Å²) in [6, 6.07) is 1.96. The molecule has 0 aliphatic heterocycles. The molecule has 1 N–H and O–H groups in total. The fraction of sp³-hybridized carbons (Fsp3) is 0.692. The molecule has 5 heteroatoms. The molecule has 0 saturated carbocycles. The van der Waals surface area contributed by atoms with E-state index in [1.165, 1.54) is 0 Å². The number of aryl methyl sites for hydroxylation is 1. The highest BCUT2D eigenvalue weighted by atomic mass is 35.5. The first kappa shape index (κ1) is 15.2. The van der Waals surface area contributed by atoms with Crippen LogP contribution in [0, 0.1) is 0 Å². The number of hydrogen-bond acceptors (Lipinski definition) is 4. The fourth-order valence-corrected chi connectivity index (χ4v) is 2.00. The number of halogens is 1. The van der Waals surface area contributed by atoms with E-state index in [0.717, 1.165) is 50.5 Å². The van der Waals surface area contributed by atoms with Crippen LogP contribution in [0.15, 0.2) is 6.07 Å². The third-order valence-electron chi connectivity index (χ3n) is 2.97. The summed E-state index contributed by atoms with van der Waals surface area (Å²) < 4.78 is 0. The molecular formula is C13H23ClN4. The zero-order valence-corrected chi connectivity index (χ0v) is 12.3.